The van der Waals surface area contributed by atoms with Crippen LogP contribution in [0.25, 0.3) is 0 Å². The van der Waals surface area contributed by atoms with Gasteiger partial charge in [0.05, 0.1) is 11.4 Å². The number of rotatable bonds is 3. The normalized spacial score (nSPS) is 19.8. The fraction of sp³-hybridized carbons (Fsp3) is 0.722. The molecule has 1 aromatic heterocycles. The second-order valence-electron chi connectivity index (χ2n) is 7.62. The topological polar surface area (TPSA) is 104 Å². The number of aliphatic carboxylic acids is 1. The van der Waals surface area contributed by atoms with E-state index in [1.165, 1.54) is 0 Å². The Morgan fingerprint density at radius 2 is 1.60 bits per heavy atom. The molecule has 1 N–H and O–H groups in total. The van der Waals surface area contributed by atoms with Gasteiger partial charge in [-0.25, -0.2) is 17.5 Å². The first kappa shape index (κ1) is 24.3. The Bertz CT molecular complexity index is 813. The van der Waals surface area contributed by atoms with Gasteiger partial charge in [-0.1, -0.05) is 0 Å². The zero-order chi connectivity index (χ0) is 22.6. The van der Waals surface area contributed by atoms with Crippen molar-refractivity contribution in [3.05, 3.63) is 17.8 Å². The zero-order valence-corrected chi connectivity index (χ0v) is 17.8. The number of halogens is 3. The van der Waals surface area contributed by atoms with E-state index >= 15 is 0 Å². The fourth-order valence-electron chi connectivity index (χ4n) is 3.69. The molecule has 30 heavy (non-hydrogen) atoms. The van der Waals surface area contributed by atoms with E-state index in [1.807, 2.05) is 19.1 Å². The van der Waals surface area contributed by atoms with Gasteiger partial charge in [-0.3, -0.25) is 0 Å². The average Bonchev–Trinajstić information content (AvgIpc) is 2.69. The third-order valence-electron chi connectivity index (χ3n) is 5.72. The van der Waals surface area contributed by atoms with Gasteiger partial charge in [-0.05, 0) is 57.1 Å². The van der Waals surface area contributed by atoms with Crippen LogP contribution in [0.5, 0.6) is 0 Å². The van der Waals surface area contributed by atoms with Gasteiger partial charge in [-0.2, -0.15) is 18.3 Å². The van der Waals surface area contributed by atoms with Gasteiger partial charge in [-0.15, -0.1) is 5.10 Å². The molecule has 12 heteroatoms. The molecule has 8 nitrogen and oxygen atoms in total. The molecule has 0 aromatic carbocycles. The highest BCUT2D eigenvalue weighted by atomic mass is 32.2. The Labute approximate surface area is 174 Å². The van der Waals surface area contributed by atoms with Crippen LogP contribution in [0.1, 0.15) is 38.3 Å². The maximum Gasteiger partial charge on any atom is 0.490 e. The molecule has 0 bridgehead atoms. The molecule has 2 saturated heterocycles. The maximum atomic E-state index is 12.0. The number of alkyl halides is 3. The van der Waals surface area contributed by atoms with Gasteiger partial charge >= 0.3 is 12.1 Å². The van der Waals surface area contributed by atoms with Crippen molar-refractivity contribution >= 4 is 21.8 Å². The molecule has 0 amide bonds. The van der Waals surface area contributed by atoms with Crippen molar-refractivity contribution in [1.82, 2.24) is 14.5 Å². The lowest BCUT2D eigenvalue weighted by Crippen LogP contribution is -2.48. The molecular weight excluding hydrogens is 425 g/mol. The van der Waals surface area contributed by atoms with E-state index in [4.69, 9.17) is 9.90 Å². The Hall–Kier alpha value is -1.95. The molecule has 3 rings (SSSR count). The quantitative estimate of drug-likeness (QED) is 0.751. The van der Waals surface area contributed by atoms with Crippen LogP contribution in [-0.4, -0.2) is 72.1 Å². The van der Waals surface area contributed by atoms with Crippen LogP contribution in [-0.2, 0) is 14.8 Å². The number of piperidine rings is 2. The zero-order valence-electron chi connectivity index (χ0n) is 17.0. The number of carbonyl (C=O) groups is 1. The third-order valence-corrected chi connectivity index (χ3v) is 7.60. The molecule has 170 valence electrons. The summed E-state index contributed by atoms with van der Waals surface area (Å²) in [5.41, 5.74) is 1.25. The molecule has 2 aliphatic rings. The van der Waals surface area contributed by atoms with Crippen LogP contribution in [0, 0.1) is 12.3 Å². The highest BCUT2D eigenvalue weighted by Crippen LogP contribution is 2.42. The molecule has 3 heterocycles. The molecule has 0 aliphatic carbocycles. The van der Waals surface area contributed by atoms with Gasteiger partial charge < -0.3 is 10.0 Å². The Morgan fingerprint density at radius 1 is 1.10 bits per heavy atom. The van der Waals surface area contributed by atoms with Crippen LogP contribution >= 0.6 is 0 Å². The molecule has 0 atom stereocenters. The van der Waals surface area contributed by atoms with Gasteiger partial charge in [0.2, 0.25) is 10.0 Å². The molecule has 0 radical (unpaired) electrons. The summed E-state index contributed by atoms with van der Waals surface area (Å²) >= 11 is 0. The Morgan fingerprint density at radius 3 is 2.00 bits per heavy atom. The molecule has 2 fully saturated rings. The van der Waals surface area contributed by atoms with Crippen LogP contribution in [0.4, 0.5) is 19.0 Å². The number of hydrogen-bond acceptors (Lipinski definition) is 6. The van der Waals surface area contributed by atoms with E-state index in [9.17, 15) is 21.6 Å². The monoisotopic (exact) mass is 452 g/mol. The highest BCUT2D eigenvalue weighted by molar-refractivity contribution is 7.89. The minimum Gasteiger partial charge on any atom is -0.475 e. The first-order valence-electron chi connectivity index (χ1n) is 9.72. The van der Waals surface area contributed by atoms with E-state index in [2.05, 4.69) is 15.1 Å². The lowest BCUT2D eigenvalue weighted by Gasteiger charge is -2.46. The molecule has 2 aliphatic heterocycles. The van der Waals surface area contributed by atoms with Crippen molar-refractivity contribution in [1.29, 1.82) is 0 Å². The first-order valence-corrected chi connectivity index (χ1v) is 11.3. The van der Waals surface area contributed by atoms with Gasteiger partial charge in [0.15, 0.2) is 5.82 Å². The number of aryl methyl sites for hydroxylation is 1. The summed E-state index contributed by atoms with van der Waals surface area (Å²) in [6, 6.07) is 4.04. The predicted molar refractivity (Wildman–Crippen MR) is 105 cm³/mol. The predicted octanol–water partition coefficient (Wildman–Crippen LogP) is 2.45. The van der Waals surface area contributed by atoms with E-state index < -0.39 is 22.2 Å². The van der Waals surface area contributed by atoms with Crippen LogP contribution in [0.15, 0.2) is 12.1 Å². The summed E-state index contributed by atoms with van der Waals surface area (Å²) in [5.74, 6) is -1.59. The Balaban J connectivity index is 0.000000396. The van der Waals surface area contributed by atoms with Crippen molar-refractivity contribution < 1.29 is 31.5 Å². The molecular formula is C18H27F3N4O4S. The van der Waals surface area contributed by atoms with E-state index in [0.717, 1.165) is 50.3 Å². The number of carboxylic acid groups (broad SMARTS) is 1. The maximum absolute atomic E-state index is 12.0. The average molecular weight is 452 g/mol. The SMILES string of the molecule is CCS(=O)(=O)N1CCC2(CCN(c3ccc(C)nn3)CC2)CC1.O=C(O)C(F)(F)F. The number of carboxylic acids is 1. The van der Waals surface area contributed by atoms with Gasteiger partial charge in [0.25, 0.3) is 0 Å². The lowest BCUT2D eigenvalue weighted by atomic mass is 9.71. The van der Waals surface area contributed by atoms with E-state index in [1.54, 1.807) is 11.2 Å². The minimum absolute atomic E-state index is 0.208. The van der Waals surface area contributed by atoms with Crippen LogP contribution in [0.3, 0.4) is 0 Å². The van der Waals surface area contributed by atoms with Crippen molar-refractivity contribution in [2.45, 2.75) is 45.7 Å². The number of aromatic nitrogens is 2. The molecule has 1 aromatic rings. The summed E-state index contributed by atoms with van der Waals surface area (Å²) in [7, 11) is -3.03. The number of anilines is 1. The first-order chi connectivity index (χ1) is 13.9. The third kappa shape index (κ3) is 6.27. The molecule has 1 spiro atoms. The van der Waals surface area contributed by atoms with Crippen molar-refractivity contribution in [3.63, 3.8) is 0 Å². The fourth-order valence-corrected chi connectivity index (χ4v) is 4.80. The van der Waals surface area contributed by atoms with Gasteiger partial charge in [0.1, 0.15) is 0 Å². The minimum atomic E-state index is -5.08. The summed E-state index contributed by atoms with van der Waals surface area (Å²) < 4.78 is 57.4. The second-order valence-corrected chi connectivity index (χ2v) is 9.88. The largest absolute Gasteiger partial charge is 0.490 e. The summed E-state index contributed by atoms with van der Waals surface area (Å²) in [6.45, 7) is 7.00. The standard InChI is InChI=1S/C16H26N4O2S.C2HF3O2/c1-3-23(21,22)20-12-8-16(9-13-20)6-10-19(11-7-16)15-5-4-14(2)17-18-15;3-2(4,5)1(6)7/h4-5H,3,6-13H2,1-2H3;(H,6,7). The van der Waals surface area contributed by atoms with Gasteiger partial charge in [0, 0.05) is 26.2 Å². The summed E-state index contributed by atoms with van der Waals surface area (Å²) in [5, 5.41) is 15.5. The summed E-state index contributed by atoms with van der Waals surface area (Å²) in [6.07, 6.45) is -0.884. The van der Waals surface area contributed by atoms with Crippen LogP contribution < -0.4 is 4.90 Å². The number of hydrogen-bond donors (Lipinski definition) is 1. The van der Waals surface area contributed by atoms with Crippen molar-refractivity contribution in [3.8, 4) is 0 Å². The Kier molecular flexibility index (Phi) is 7.67. The second kappa shape index (κ2) is 9.46. The van der Waals surface area contributed by atoms with Crippen molar-refractivity contribution in [2.24, 2.45) is 5.41 Å². The number of sulfonamides is 1. The molecule has 0 saturated carbocycles. The smallest absolute Gasteiger partial charge is 0.475 e. The van der Waals surface area contributed by atoms with E-state index in [0.29, 0.717) is 18.5 Å². The van der Waals surface area contributed by atoms with E-state index in [-0.39, 0.29) is 5.75 Å². The highest BCUT2D eigenvalue weighted by Gasteiger charge is 2.40. The number of nitrogens with zero attached hydrogens (tertiary/aromatic N) is 4. The van der Waals surface area contributed by atoms with Crippen molar-refractivity contribution in [2.75, 3.05) is 36.8 Å². The molecule has 0 unspecified atom stereocenters. The van der Waals surface area contributed by atoms with Crippen LogP contribution in [0.2, 0.25) is 0 Å². The lowest BCUT2D eigenvalue weighted by molar-refractivity contribution is -0.192. The summed E-state index contributed by atoms with van der Waals surface area (Å²) in [4.78, 5) is 11.2.